The quantitative estimate of drug-likeness (QED) is 0.728. The van der Waals surface area contributed by atoms with Crippen LogP contribution in [0.15, 0.2) is 60.9 Å². The summed E-state index contributed by atoms with van der Waals surface area (Å²) in [5, 5.41) is 2.98. The van der Waals surface area contributed by atoms with Gasteiger partial charge in [-0.25, -0.2) is 4.98 Å². The molecule has 1 heterocycles. The summed E-state index contributed by atoms with van der Waals surface area (Å²) < 4.78 is 0. The summed E-state index contributed by atoms with van der Waals surface area (Å²) in [6, 6.07) is 15.8. The molecule has 0 fully saturated rings. The predicted octanol–water partition coefficient (Wildman–Crippen LogP) is 3.70. The van der Waals surface area contributed by atoms with E-state index in [0.29, 0.717) is 12.1 Å². The molecular weight excluding hydrogens is 336 g/mol. The Morgan fingerprint density at radius 1 is 1.00 bits per heavy atom. The standard InChI is InChI=1S/C22H24N4O/c1-4-16-8-10-17(11-9-16)15-25-22(27)19-7-5-6-18(14-19)20-21(26(2)3)24-13-12-23-20/h5-14H,4,15H2,1-3H3,(H,25,27). The molecule has 138 valence electrons. The maximum atomic E-state index is 12.6. The lowest BCUT2D eigenvalue weighted by molar-refractivity contribution is 0.0951. The molecule has 5 heteroatoms. The number of anilines is 1. The Labute approximate surface area is 160 Å². The first-order chi connectivity index (χ1) is 13.1. The Balaban J connectivity index is 1.76. The van der Waals surface area contributed by atoms with Crippen molar-refractivity contribution in [1.82, 2.24) is 15.3 Å². The highest BCUT2D eigenvalue weighted by Crippen LogP contribution is 2.25. The molecule has 3 rings (SSSR count). The van der Waals surface area contributed by atoms with E-state index in [2.05, 4.69) is 46.5 Å². The number of carbonyl (C=O) groups is 1. The van der Waals surface area contributed by atoms with Crippen LogP contribution in [0.5, 0.6) is 0 Å². The molecule has 0 bridgehead atoms. The first-order valence-corrected chi connectivity index (χ1v) is 9.03. The second-order valence-electron chi connectivity index (χ2n) is 6.56. The fraction of sp³-hybridized carbons (Fsp3) is 0.227. The molecule has 27 heavy (non-hydrogen) atoms. The number of aromatic nitrogens is 2. The maximum Gasteiger partial charge on any atom is 0.251 e. The lowest BCUT2D eigenvalue weighted by atomic mass is 10.1. The van der Waals surface area contributed by atoms with Crippen molar-refractivity contribution in [3.8, 4) is 11.3 Å². The monoisotopic (exact) mass is 360 g/mol. The zero-order valence-corrected chi connectivity index (χ0v) is 15.9. The lowest BCUT2D eigenvalue weighted by Gasteiger charge is -2.15. The molecule has 1 aromatic heterocycles. The van der Waals surface area contributed by atoms with Crippen LogP contribution in [0.3, 0.4) is 0 Å². The summed E-state index contributed by atoms with van der Waals surface area (Å²) in [4.78, 5) is 23.3. The van der Waals surface area contributed by atoms with Crippen LogP contribution in [0.2, 0.25) is 0 Å². The molecule has 0 unspecified atom stereocenters. The molecule has 3 aromatic rings. The van der Waals surface area contributed by atoms with Crippen LogP contribution >= 0.6 is 0 Å². The molecule has 0 aliphatic carbocycles. The second-order valence-corrected chi connectivity index (χ2v) is 6.56. The molecule has 0 radical (unpaired) electrons. The number of hydrogen-bond acceptors (Lipinski definition) is 4. The molecule has 0 spiro atoms. The van der Waals surface area contributed by atoms with Crippen molar-refractivity contribution < 1.29 is 4.79 Å². The van der Waals surface area contributed by atoms with Gasteiger partial charge < -0.3 is 10.2 Å². The fourth-order valence-electron chi connectivity index (χ4n) is 2.85. The highest BCUT2D eigenvalue weighted by Gasteiger charge is 2.12. The maximum absolute atomic E-state index is 12.6. The minimum Gasteiger partial charge on any atom is -0.361 e. The Hall–Kier alpha value is -3.21. The van der Waals surface area contributed by atoms with Crippen molar-refractivity contribution >= 4 is 11.7 Å². The van der Waals surface area contributed by atoms with Gasteiger partial charge in [-0.1, -0.05) is 43.3 Å². The summed E-state index contributed by atoms with van der Waals surface area (Å²) in [6.07, 6.45) is 4.34. The van der Waals surface area contributed by atoms with Crippen molar-refractivity contribution in [1.29, 1.82) is 0 Å². The third-order valence-electron chi connectivity index (χ3n) is 4.39. The van der Waals surface area contributed by atoms with Gasteiger partial charge in [0.15, 0.2) is 5.82 Å². The van der Waals surface area contributed by atoms with E-state index in [1.54, 1.807) is 12.4 Å². The minimum absolute atomic E-state index is 0.105. The van der Waals surface area contributed by atoms with Crippen LogP contribution in [0.4, 0.5) is 5.82 Å². The van der Waals surface area contributed by atoms with Gasteiger partial charge in [-0.05, 0) is 29.7 Å². The zero-order valence-electron chi connectivity index (χ0n) is 15.9. The minimum atomic E-state index is -0.105. The average molecular weight is 360 g/mol. The topological polar surface area (TPSA) is 58.1 Å². The summed E-state index contributed by atoms with van der Waals surface area (Å²) >= 11 is 0. The smallest absolute Gasteiger partial charge is 0.251 e. The normalized spacial score (nSPS) is 10.5. The number of benzene rings is 2. The molecule has 0 aliphatic rings. The number of hydrogen-bond donors (Lipinski definition) is 1. The van der Waals surface area contributed by atoms with Gasteiger partial charge >= 0.3 is 0 Å². The second kappa shape index (κ2) is 8.45. The van der Waals surface area contributed by atoms with Crippen molar-refractivity contribution in [3.63, 3.8) is 0 Å². The average Bonchev–Trinajstić information content (AvgIpc) is 2.72. The summed E-state index contributed by atoms with van der Waals surface area (Å²) in [5.74, 6) is 0.665. The predicted molar refractivity (Wildman–Crippen MR) is 109 cm³/mol. The van der Waals surface area contributed by atoms with Gasteiger partial charge in [0.25, 0.3) is 5.91 Å². The van der Waals surface area contributed by atoms with E-state index in [4.69, 9.17) is 0 Å². The highest BCUT2D eigenvalue weighted by atomic mass is 16.1. The molecule has 0 atom stereocenters. The molecule has 2 aromatic carbocycles. The first-order valence-electron chi connectivity index (χ1n) is 9.03. The third-order valence-corrected chi connectivity index (χ3v) is 4.39. The molecular formula is C22H24N4O. The van der Waals surface area contributed by atoms with Crippen LogP contribution < -0.4 is 10.2 Å². The van der Waals surface area contributed by atoms with Crippen LogP contribution in [0.1, 0.15) is 28.4 Å². The number of nitrogens with zero attached hydrogens (tertiary/aromatic N) is 3. The van der Waals surface area contributed by atoms with Crippen LogP contribution in [-0.4, -0.2) is 30.0 Å². The summed E-state index contributed by atoms with van der Waals surface area (Å²) in [5.41, 5.74) is 4.60. The van der Waals surface area contributed by atoms with E-state index in [1.165, 1.54) is 5.56 Å². The Bertz CT molecular complexity index is 920. The van der Waals surface area contributed by atoms with Crippen LogP contribution in [0, 0.1) is 0 Å². The van der Waals surface area contributed by atoms with E-state index in [-0.39, 0.29) is 5.91 Å². The first kappa shape index (κ1) is 18.6. The van der Waals surface area contributed by atoms with E-state index in [9.17, 15) is 4.79 Å². The van der Waals surface area contributed by atoms with Gasteiger partial charge in [-0.15, -0.1) is 0 Å². The number of amides is 1. The van der Waals surface area contributed by atoms with Gasteiger partial charge in [0.1, 0.15) is 5.69 Å². The number of carbonyl (C=O) groups excluding carboxylic acids is 1. The Morgan fingerprint density at radius 3 is 2.41 bits per heavy atom. The molecule has 0 saturated carbocycles. The number of nitrogens with one attached hydrogen (secondary N) is 1. The van der Waals surface area contributed by atoms with Gasteiger partial charge in [0.2, 0.25) is 0 Å². The van der Waals surface area contributed by atoms with E-state index in [1.807, 2.05) is 43.3 Å². The van der Waals surface area contributed by atoms with Crippen LogP contribution in [0.25, 0.3) is 11.3 Å². The van der Waals surface area contributed by atoms with Crippen molar-refractivity contribution in [2.24, 2.45) is 0 Å². The largest absolute Gasteiger partial charge is 0.361 e. The van der Waals surface area contributed by atoms with E-state index in [0.717, 1.165) is 29.1 Å². The molecule has 0 saturated heterocycles. The Kier molecular flexibility index (Phi) is 5.81. The van der Waals surface area contributed by atoms with Crippen molar-refractivity contribution in [3.05, 3.63) is 77.6 Å². The Morgan fingerprint density at radius 2 is 1.70 bits per heavy atom. The van der Waals surface area contributed by atoms with Crippen LogP contribution in [-0.2, 0) is 13.0 Å². The van der Waals surface area contributed by atoms with Crippen molar-refractivity contribution in [2.45, 2.75) is 19.9 Å². The number of aryl methyl sites for hydroxylation is 1. The SMILES string of the molecule is CCc1ccc(CNC(=O)c2cccc(-c3nccnc3N(C)C)c2)cc1. The lowest BCUT2D eigenvalue weighted by Crippen LogP contribution is -2.22. The molecule has 1 amide bonds. The van der Waals surface area contributed by atoms with E-state index >= 15 is 0 Å². The molecule has 1 N–H and O–H groups in total. The van der Waals surface area contributed by atoms with Gasteiger partial charge in [0.05, 0.1) is 0 Å². The zero-order chi connectivity index (χ0) is 19.2. The summed E-state index contributed by atoms with van der Waals surface area (Å²) in [6.45, 7) is 2.63. The molecule has 0 aliphatic heterocycles. The van der Waals surface area contributed by atoms with Gasteiger partial charge in [0, 0.05) is 44.2 Å². The summed E-state index contributed by atoms with van der Waals surface area (Å²) in [7, 11) is 3.85. The van der Waals surface area contributed by atoms with E-state index < -0.39 is 0 Å². The number of rotatable bonds is 6. The van der Waals surface area contributed by atoms with Crippen molar-refractivity contribution in [2.75, 3.05) is 19.0 Å². The fourth-order valence-corrected chi connectivity index (χ4v) is 2.85. The third kappa shape index (κ3) is 4.50. The molecule has 5 nitrogen and oxygen atoms in total. The highest BCUT2D eigenvalue weighted by molar-refractivity contribution is 5.95. The van der Waals surface area contributed by atoms with Gasteiger partial charge in [-0.3, -0.25) is 9.78 Å². The van der Waals surface area contributed by atoms with Gasteiger partial charge in [-0.2, -0.15) is 0 Å².